The van der Waals surface area contributed by atoms with E-state index in [1.54, 1.807) is 0 Å². The van der Waals surface area contributed by atoms with E-state index in [1.807, 2.05) is 54.4 Å². The lowest BCUT2D eigenvalue weighted by atomic mass is 10.0. The molecule has 1 N–H and O–H groups in total. The largest absolute Gasteiger partial charge is 0.445 e. The Kier molecular flexibility index (Phi) is 4.76. The Bertz CT molecular complexity index is 742. The number of nitrogens with zero attached hydrogens (tertiary/aromatic N) is 1. The highest BCUT2D eigenvalue weighted by Crippen LogP contribution is 2.33. The van der Waals surface area contributed by atoms with E-state index in [2.05, 4.69) is 4.98 Å². The number of carbonyl (C=O) groups excluding carboxylic acids is 1. The van der Waals surface area contributed by atoms with E-state index in [0.29, 0.717) is 11.2 Å². The topological polar surface area (TPSA) is 45.3 Å². The number of carbonyl (C=O) groups is 1. The highest BCUT2D eigenvalue weighted by Gasteiger charge is 2.32. The molecule has 5 heteroatoms. The van der Waals surface area contributed by atoms with E-state index in [0.717, 1.165) is 36.1 Å². The number of aromatic amines is 1. The number of benzene rings is 1. The average molecular weight is 328 g/mol. The number of aromatic nitrogens is 1. The van der Waals surface area contributed by atoms with Gasteiger partial charge in [0.25, 0.3) is 0 Å². The lowest BCUT2D eigenvalue weighted by Crippen LogP contribution is -2.31. The molecule has 0 aliphatic carbocycles. The molecule has 1 amide bonds. The molecule has 0 saturated carbocycles. The fourth-order valence-electron chi connectivity index (χ4n) is 3.05. The smallest absolute Gasteiger partial charge is 0.410 e. The molecule has 23 heavy (non-hydrogen) atoms. The van der Waals surface area contributed by atoms with Crippen molar-refractivity contribution in [3.63, 3.8) is 0 Å². The maximum atomic E-state index is 12.5. The Labute approximate surface area is 141 Å². The first-order valence-corrected chi connectivity index (χ1v) is 8.22. The summed E-state index contributed by atoms with van der Waals surface area (Å²) in [5.74, 6) is 0. The van der Waals surface area contributed by atoms with Crippen molar-refractivity contribution in [2.75, 3.05) is 6.54 Å². The van der Waals surface area contributed by atoms with Crippen molar-refractivity contribution >= 4 is 18.3 Å². The molecule has 1 fully saturated rings. The summed E-state index contributed by atoms with van der Waals surface area (Å²) in [7, 11) is 0. The molecule has 1 saturated heterocycles. The first-order chi connectivity index (χ1) is 11.1. The zero-order valence-corrected chi connectivity index (χ0v) is 13.9. The number of pyridine rings is 1. The second kappa shape index (κ2) is 6.96. The molecule has 0 spiro atoms. The number of hydrogen-bond acceptors (Lipinski definition) is 3. The molecule has 0 radical (unpaired) electrons. The van der Waals surface area contributed by atoms with Gasteiger partial charge in [-0.25, -0.2) is 4.79 Å². The van der Waals surface area contributed by atoms with Crippen LogP contribution in [-0.2, 0) is 11.3 Å². The SMILES string of the molecule is Cc1cc(=S)[nH]cc1C1CCCN1C(=O)OCc1ccccc1. The van der Waals surface area contributed by atoms with E-state index >= 15 is 0 Å². The van der Waals surface area contributed by atoms with Crippen molar-refractivity contribution in [3.05, 3.63) is 63.9 Å². The van der Waals surface area contributed by atoms with Gasteiger partial charge in [-0.15, -0.1) is 0 Å². The van der Waals surface area contributed by atoms with Crippen molar-refractivity contribution in [2.45, 2.75) is 32.4 Å². The summed E-state index contributed by atoms with van der Waals surface area (Å²) in [6.07, 6.45) is 3.61. The molecular weight excluding hydrogens is 308 g/mol. The van der Waals surface area contributed by atoms with E-state index in [9.17, 15) is 4.79 Å². The summed E-state index contributed by atoms with van der Waals surface area (Å²) in [6, 6.07) is 11.7. The lowest BCUT2D eigenvalue weighted by molar-refractivity contribution is 0.0919. The predicted octanol–water partition coefficient (Wildman–Crippen LogP) is 4.53. The number of nitrogens with one attached hydrogen (secondary N) is 1. The van der Waals surface area contributed by atoms with Crippen LogP contribution in [0, 0.1) is 11.6 Å². The van der Waals surface area contributed by atoms with Crippen LogP contribution in [0.5, 0.6) is 0 Å². The van der Waals surface area contributed by atoms with E-state index in [4.69, 9.17) is 17.0 Å². The van der Waals surface area contributed by atoms with Crippen molar-refractivity contribution in [2.24, 2.45) is 0 Å². The van der Waals surface area contributed by atoms with Crippen molar-refractivity contribution in [1.29, 1.82) is 0 Å². The highest BCUT2D eigenvalue weighted by molar-refractivity contribution is 7.71. The molecule has 1 aliphatic rings. The fourth-order valence-corrected chi connectivity index (χ4v) is 3.29. The molecule has 1 aromatic carbocycles. The van der Waals surface area contributed by atoms with E-state index < -0.39 is 0 Å². The van der Waals surface area contributed by atoms with Gasteiger partial charge >= 0.3 is 6.09 Å². The zero-order chi connectivity index (χ0) is 16.2. The third kappa shape index (κ3) is 3.62. The third-order valence-electron chi connectivity index (χ3n) is 4.22. The molecule has 120 valence electrons. The number of hydrogen-bond donors (Lipinski definition) is 1. The standard InChI is InChI=1S/C18H20N2O2S/c1-13-10-17(23)19-11-15(13)16-8-5-9-20(16)18(21)22-12-14-6-3-2-4-7-14/h2-4,6-7,10-11,16H,5,8-9,12H2,1H3,(H,19,23). The molecule has 1 aliphatic heterocycles. The molecule has 3 rings (SSSR count). The molecule has 1 unspecified atom stereocenters. The van der Waals surface area contributed by atoms with Crippen LogP contribution in [0.25, 0.3) is 0 Å². The molecule has 1 aromatic heterocycles. The first-order valence-electron chi connectivity index (χ1n) is 7.81. The molecule has 2 heterocycles. The minimum Gasteiger partial charge on any atom is -0.445 e. The summed E-state index contributed by atoms with van der Waals surface area (Å²) >= 11 is 5.15. The second-order valence-corrected chi connectivity index (χ2v) is 6.27. The molecule has 2 aromatic rings. The molecule has 4 nitrogen and oxygen atoms in total. The first kappa shape index (κ1) is 15.7. The average Bonchev–Trinajstić information content (AvgIpc) is 3.03. The summed E-state index contributed by atoms with van der Waals surface area (Å²) in [6.45, 7) is 3.07. The second-order valence-electron chi connectivity index (χ2n) is 5.83. The Balaban J connectivity index is 1.71. The Morgan fingerprint density at radius 2 is 2.17 bits per heavy atom. The predicted molar refractivity (Wildman–Crippen MR) is 91.7 cm³/mol. The van der Waals surface area contributed by atoms with Gasteiger partial charge in [0.05, 0.1) is 6.04 Å². The van der Waals surface area contributed by atoms with Crippen LogP contribution >= 0.6 is 12.2 Å². The monoisotopic (exact) mass is 328 g/mol. The third-order valence-corrected chi connectivity index (χ3v) is 4.46. The maximum Gasteiger partial charge on any atom is 0.410 e. The highest BCUT2D eigenvalue weighted by atomic mass is 32.1. The van der Waals surface area contributed by atoms with Crippen molar-refractivity contribution in [1.82, 2.24) is 9.88 Å². The Morgan fingerprint density at radius 1 is 1.39 bits per heavy atom. The lowest BCUT2D eigenvalue weighted by Gasteiger charge is -2.25. The van der Waals surface area contributed by atoms with Crippen LogP contribution in [0.15, 0.2) is 42.6 Å². The molecular formula is C18H20N2O2S. The van der Waals surface area contributed by atoms with Gasteiger partial charge in [-0.05, 0) is 42.5 Å². The van der Waals surface area contributed by atoms with Gasteiger partial charge in [0.15, 0.2) is 0 Å². The number of ether oxygens (including phenoxy) is 1. The van der Waals surface area contributed by atoms with Gasteiger partial charge in [0, 0.05) is 12.7 Å². The van der Waals surface area contributed by atoms with Crippen LogP contribution in [0.1, 0.15) is 35.6 Å². The molecule has 0 bridgehead atoms. The quantitative estimate of drug-likeness (QED) is 0.842. The minimum atomic E-state index is -0.252. The number of H-pyrrole nitrogens is 1. The molecule has 1 atom stereocenters. The van der Waals surface area contributed by atoms with Gasteiger partial charge in [0.1, 0.15) is 11.2 Å². The van der Waals surface area contributed by atoms with E-state index in [1.165, 1.54) is 0 Å². The van der Waals surface area contributed by atoms with Crippen molar-refractivity contribution in [3.8, 4) is 0 Å². The normalized spacial score (nSPS) is 17.3. The maximum absolute atomic E-state index is 12.5. The Morgan fingerprint density at radius 3 is 2.91 bits per heavy atom. The van der Waals surface area contributed by atoms with E-state index in [-0.39, 0.29) is 12.1 Å². The van der Waals surface area contributed by atoms with Crippen LogP contribution < -0.4 is 0 Å². The number of amides is 1. The van der Waals surface area contributed by atoms with Crippen LogP contribution in [0.4, 0.5) is 4.79 Å². The van der Waals surface area contributed by atoms with Gasteiger partial charge in [0.2, 0.25) is 0 Å². The van der Waals surface area contributed by atoms with Gasteiger partial charge in [-0.3, -0.25) is 0 Å². The fraction of sp³-hybridized carbons (Fsp3) is 0.333. The summed E-state index contributed by atoms with van der Waals surface area (Å²) in [4.78, 5) is 17.3. The van der Waals surface area contributed by atoms with Crippen molar-refractivity contribution < 1.29 is 9.53 Å². The van der Waals surface area contributed by atoms with Gasteiger partial charge in [-0.2, -0.15) is 0 Å². The van der Waals surface area contributed by atoms with Crippen LogP contribution in [-0.4, -0.2) is 22.5 Å². The van der Waals surface area contributed by atoms with Crippen LogP contribution in [0.3, 0.4) is 0 Å². The minimum absolute atomic E-state index is 0.0603. The number of rotatable bonds is 3. The number of aryl methyl sites for hydroxylation is 1. The Hall–Kier alpha value is -2.14. The summed E-state index contributed by atoms with van der Waals surface area (Å²) in [5.41, 5.74) is 3.23. The van der Waals surface area contributed by atoms with Crippen LogP contribution in [0.2, 0.25) is 0 Å². The number of likely N-dealkylation sites (tertiary alicyclic amines) is 1. The van der Waals surface area contributed by atoms with Gasteiger partial charge < -0.3 is 14.6 Å². The van der Waals surface area contributed by atoms with Gasteiger partial charge in [-0.1, -0.05) is 42.5 Å². The summed E-state index contributed by atoms with van der Waals surface area (Å²) in [5, 5.41) is 0. The zero-order valence-electron chi connectivity index (χ0n) is 13.1. The summed E-state index contributed by atoms with van der Waals surface area (Å²) < 4.78 is 6.19.